The SMILES string of the molecule is CC(C)(C)c1ccc(OCC(=O)N/N=C\c2ccc(OCc3ccccc3)cc2)c(Br)c1. The molecule has 1 N–H and O–H groups in total. The van der Waals surface area contributed by atoms with E-state index in [0.717, 1.165) is 21.3 Å². The molecule has 0 saturated carbocycles. The summed E-state index contributed by atoms with van der Waals surface area (Å²) in [6.45, 7) is 6.82. The van der Waals surface area contributed by atoms with Gasteiger partial charge in [0.15, 0.2) is 6.61 Å². The van der Waals surface area contributed by atoms with Gasteiger partial charge in [-0.2, -0.15) is 5.10 Å². The standard InChI is InChI=1S/C26H27BrN2O3/c1-26(2,3)21-11-14-24(23(27)15-21)32-18-25(30)29-28-16-19-9-12-22(13-10-19)31-17-20-7-5-4-6-8-20/h4-16H,17-18H2,1-3H3,(H,29,30)/b28-16-. The number of hydrogen-bond acceptors (Lipinski definition) is 4. The van der Waals surface area contributed by atoms with E-state index in [2.05, 4.69) is 47.2 Å². The van der Waals surface area contributed by atoms with E-state index in [0.29, 0.717) is 12.4 Å². The minimum Gasteiger partial charge on any atom is -0.489 e. The predicted octanol–water partition coefficient (Wildman–Crippen LogP) is 5.85. The van der Waals surface area contributed by atoms with E-state index >= 15 is 0 Å². The van der Waals surface area contributed by atoms with E-state index in [1.54, 1.807) is 6.21 Å². The lowest BCUT2D eigenvalue weighted by molar-refractivity contribution is -0.123. The van der Waals surface area contributed by atoms with Crippen LogP contribution >= 0.6 is 15.9 Å². The lowest BCUT2D eigenvalue weighted by atomic mass is 9.87. The molecule has 0 saturated heterocycles. The summed E-state index contributed by atoms with van der Waals surface area (Å²) >= 11 is 3.51. The second-order valence-electron chi connectivity index (χ2n) is 8.32. The van der Waals surface area contributed by atoms with Crippen LogP contribution < -0.4 is 14.9 Å². The fraction of sp³-hybridized carbons (Fsp3) is 0.231. The molecule has 0 unspecified atom stereocenters. The molecule has 6 heteroatoms. The Morgan fingerprint density at radius 3 is 2.38 bits per heavy atom. The van der Waals surface area contributed by atoms with Crippen LogP contribution in [0.4, 0.5) is 0 Å². The highest BCUT2D eigenvalue weighted by molar-refractivity contribution is 9.10. The first-order valence-corrected chi connectivity index (χ1v) is 11.1. The zero-order chi connectivity index (χ0) is 23.0. The molecule has 0 heterocycles. The van der Waals surface area contributed by atoms with Gasteiger partial charge in [-0.15, -0.1) is 0 Å². The minimum atomic E-state index is -0.337. The number of ether oxygens (including phenoxy) is 2. The molecule has 0 radical (unpaired) electrons. The number of hydrazone groups is 1. The van der Waals surface area contributed by atoms with Crippen molar-refractivity contribution in [2.75, 3.05) is 6.61 Å². The third-order valence-electron chi connectivity index (χ3n) is 4.69. The molecule has 0 bridgehead atoms. The van der Waals surface area contributed by atoms with E-state index in [4.69, 9.17) is 9.47 Å². The van der Waals surface area contributed by atoms with Crippen molar-refractivity contribution < 1.29 is 14.3 Å². The van der Waals surface area contributed by atoms with Crippen LogP contribution in [0.2, 0.25) is 0 Å². The van der Waals surface area contributed by atoms with Gasteiger partial charge in [0, 0.05) is 0 Å². The highest BCUT2D eigenvalue weighted by Gasteiger charge is 2.15. The number of amides is 1. The van der Waals surface area contributed by atoms with Gasteiger partial charge in [-0.1, -0.05) is 57.2 Å². The van der Waals surface area contributed by atoms with Gasteiger partial charge in [0.2, 0.25) is 0 Å². The molecule has 1 amide bonds. The zero-order valence-corrected chi connectivity index (χ0v) is 20.1. The van der Waals surface area contributed by atoms with E-state index in [9.17, 15) is 4.79 Å². The van der Waals surface area contributed by atoms with Crippen LogP contribution in [-0.4, -0.2) is 18.7 Å². The van der Waals surface area contributed by atoms with Gasteiger partial charge in [0.05, 0.1) is 10.7 Å². The molecule has 0 atom stereocenters. The number of benzene rings is 3. The minimum absolute atomic E-state index is 0.0410. The maximum absolute atomic E-state index is 12.0. The molecule has 0 aliphatic heterocycles. The molecule has 0 aliphatic carbocycles. The Morgan fingerprint density at radius 2 is 1.72 bits per heavy atom. The van der Waals surface area contributed by atoms with E-state index in [-0.39, 0.29) is 17.9 Å². The fourth-order valence-electron chi connectivity index (χ4n) is 2.83. The lowest BCUT2D eigenvalue weighted by Gasteiger charge is -2.20. The number of nitrogens with zero attached hydrogens (tertiary/aromatic N) is 1. The molecule has 3 rings (SSSR count). The van der Waals surface area contributed by atoms with Gasteiger partial charge in [-0.3, -0.25) is 4.79 Å². The fourth-order valence-corrected chi connectivity index (χ4v) is 3.32. The molecule has 166 valence electrons. The Morgan fingerprint density at radius 1 is 1.00 bits per heavy atom. The topological polar surface area (TPSA) is 59.9 Å². The quantitative estimate of drug-likeness (QED) is 0.315. The van der Waals surface area contributed by atoms with Gasteiger partial charge in [0.25, 0.3) is 5.91 Å². The van der Waals surface area contributed by atoms with Crippen LogP contribution in [0, 0.1) is 0 Å². The average Bonchev–Trinajstić information content (AvgIpc) is 2.78. The smallest absolute Gasteiger partial charge is 0.277 e. The number of carbonyl (C=O) groups is 1. The van der Waals surface area contributed by atoms with E-state index in [1.807, 2.05) is 72.8 Å². The molecule has 32 heavy (non-hydrogen) atoms. The molecule has 0 aromatic heterocycles. The summed E-state index contributed by atoms with van der Waals surface area (Å²) in [6, 6.07) is 23.4. The predicted molar refractivity (Wildman–Crippen MR) is 131 cm³/mol. The molecule has 3 aromatic carbocycles. The van der Waals surface area contributed by atoms with Crippen molar-refractivity contribution in [2.45, 2.75) is 32.8 Å². The van der Waals surface area contributed by atoms with Crippen molar-refractivity contribution in [1.29, 1.82) is 0 Å². The lowest BCUT2D eigenvalue weighted by Crippen LogP contribution is -2.24. The maximum Gasteiger partial charge on any atom is 0.277 e. The summed E-state index contributed by atoms with van der Waals surface area (Å²) < 4.78 is 12.2. The Kier molecular flexibility index (Phi) is 8.06. The van der Waals surface area contributed by atoms with Gasteiger partial charge >= 0.3 is 0 Å². The third-order valence-corrected chi connectivity index (χ3v) is 5.31. The molecule has 3 aromatic rings. The van der Waals surface area contributed by atoms with Crippen molar-refractivity contribution in [3.63, 3.8) is 0 Å². The Balaban J connectivity index is 1.44. The molecule has 0 aliphatic rings. The summed E-state index contributed by atoms with van der Waals surface area (Å²) in [5, 5.41) is 3.99. The van der Waals surface area contributed by atoms with Crippen molar-refractivity contribution in [1.82, 2.24) is 5.43 Å². The average molecular weight is 495 g/mol. The monoisotopic (exact) mass is 494 g/mol. The number of hydrogen-bond donors (Lipinski definition) is 1. The van der Waals surface area contributed by atoms with Crippen LogP contribution in [0.3, 0.4) is 0 Å². The summed E-state index contributed by atoms with van der Waals surface area (Å²) in [4.78, 5) is 12.0. The van der Waals surface area contributed by atoms with Crippen LogP contribution in [0.1, 0.15) is 37.5 Å². The third kappa shape index (κ3) is 7.24. The summed E-state index contributed by atoms with van der Waals surface area (Å²) in [5.41, 5.74) is 5.66. The maximum atomic E-state index is 12.0. The molecule has 0 spiro atoms. The van der Waals surface area contributed by atoms with Crippen LogP contribution in [0.25, 0.3) is 0 Å². The van der Waals surface area contributed by atoms with Crippen molar-refractivity contribution >= 4 is 28.1 Å². The van der Waals surface area contributed by atoms with E-state index < -0.39 is 0 Å². The first-order valence-electron chi connectivity index (χ1n) is 10.3. The van der Waals surface area contributed by atoms with Gasteiger partial charge in [0.1, 0.15) is 18.1 Å². The molecular weight excluding hydrogens is 468 g/mol. The Bertz CT molecular complexity index is 1060. The Hall–Kier alpha value is -3.12. The largest absolute Gasteiger partial charge is 0.489 e. The second-order valence-corrected chi connectivity index (χ2v) is 9.17. The summed E-state index contributed by atoms with van der Waals surface area (Å²) in [7, 11) is 0. The normalized spacial score (nSPS) is 11.4. The van der Waals surface area contributed by atoms with Gasteiger partial charge < -0.3 is 9.47 Å². The van der Waals surface area contributed by atoms with Crippen LogP contribution in [-0.2, 0) is 16.8 Å². The van der Waals surface area contributed by atoms with Crippen molar-refractivity contribution in [2.24, 2.45) is 5.10 Å². The molecule has 5 nitrogen and oxygen atoms in total. The molecular formula is C26H27BrN2O3. The highest BCUT2D eigenvalue weighted by Crippen LogP contribution is 2.31. The highest BCUT2D eigenvalue weighted by atomic mass is 79.9. The first-order chi connectivity index (χ1) is 15.3. The van der Waals surface area contributed by atoms with E-state index in [1.165, 1.54) is 5.56 Å². The van der Waals surface area contributed by atoms with Crippen LogP contribution in [0.15, 0.2) is 82.4 Å². The number of nitrogens with one attached hydrogen (secondary N) is 1. The second kappa shape index (κ2) is 11.0. The van der Waals surface area contributed by atoms with Crippen LogP contribution in [0.5, 0.6) is 11.5 Å². The molecule has 0 fully saturated rings. The number of carbonyl (C=O) groups excluding carboxylic acids is 1. The number of rotatable bonds is 8. The van der Waals surface area contributed by atoms with Crippen molar-refractivity contribution in [3.05, 3.63) is 94.0 Å². The summed E-state index contributed by atoms with van der Waals surface area (Å²) in [6.07, 6.45) is 1.58. The summed E-state index contributed by atoms with van der Waals surface area (Å²) in [5.74, 6) is 1.05. The first kappa shape index (κ1) is 23.5. The number of halogens is 1. The van der Waals surface area contributed by atoms with Gasteiger partial charge in [-0.25, -0.2) is 5.43 Å². The zero-order valence-electron chi connectivity index (χ0n) is 18.5. The van der Waals surface area contributed by atoms with Gasteiger partial charge in [-0.05, 0) is 74.4 Å². The van der Waals surface area contributed by atoms with Crippen molar-refractivity contribution in [3.8, 4) is 11.5 Å². The Labute approximate surface area is 197 Å².